The van der Waals surface area contributed by atoms with E-state index >= 15 is 0 Å². The molecule has 0 N–H and O–H groups in total. The highest BCUT2D eigenvalue weighted by Gasteiger charge is 2.37. The van der Waals surface area contributed by atoms with Crippen molar-refractivity contribution in [1.29, 1.82) is 0 Å². The van der Waals surface area contributed by atoms with Gasteiger partial charge in [0.1, 0.15) is 0 Å². The SMILES string of the molecule is Cc1cccc(N(c2ccc(-c3ccccc3)cc2)c2ccc3c(c2)C(C)(C)c2cc(/C=C/c4ccc5c(c4)C(C)(C)c4cc(N(c6ccccc6)c6ccccc6)ccc4-5)ccc2-3)c1. The van der Waals surface area contributed by atoms with Gasteiger partial charge in [-0.05, 0) is 152 Å². The van der Waals surface area contributed by atoms with Crippen molar-refractivity contribution in [2.75, 3.05) is 9.80 Å². The molecule has 2 aliphatic rings. The lowest BCUT2D eigenvalue weighted by Crippen LogP contribution is -2.16. The van der Waals surface area contributed by atoms with Gasteiger partial charge in [-0.2, -0.15) is 0 Å². The molecule has 0 radical (unpaired) electrons. The molecule has 0 bridgehead atoms. The zero-order valence-corrected chi connectivity index (χ0v) is 37.8. The Labute approximate surface area is 384 Å². The van der Waals surface area contributed by atoms with Crippen molar-refractivity contribution in [1.82, 2.24) is 0 Å². The topological polar surface area (TPSA) is 6.48 Å². The van der Waals surface area contributed by atoms with Crippen molar-refractivity contribution in [2.45, 2.75) is 45.4 Å². The first-order chi connectivity index (χ1) is 31.6. The number of anilines is 6. The molecule has 314 valence electrons. The minimum Gasteiger partial charge on any atom is -0.310 e. The van der Waals surface area contributed by atoms with Crippen molar-refractivity contribution in [2.24, 2.45) is 0 Å². The first-order valence-electron chi connectivity index (χ1n) is 22.8. The largest absolute Gasteiger partial charge is 0.310 e. The second kappa shape index (κ2) is 15.8. The van der Waals surface area contributed by atoms with Crippen LogP contribution >= 0.6 is 0 Å². The van der Waals surface area contributed by atoms with Gasteiger partial charge in [-0.3, -0.25) is 0 Å². The van der Waals surface area contributed by atoms with Crippen LogP contribution in [-0.2, 0) is 10.8 Å². The number of hydrogen-bond donors (Lipinski definition) is 0. The third-order valence-corrected chi connectivity index (χ3v) is 13.9. The first-order valence-corrected chi connectivity index (χ1v) is 22.8. The number of rotatable bonds is 9. The molecular formula is C63H52N2. The molecular weight excluding hydrogens is 785 g/mol. The lowest BCUT2D eigenvalue weighted by molar-refractivity contribution is 0.660. The fraction of sp³-hybridized carbons (Fsp3) is 0.111. The van der Waals surface area contributed by atoms with Gasteiger partial charge in [-0.15, -0.1) is 0 Å². The fourth-order valence-electron chi connectivity index (χ4n) is 10.4. The van der Waals surface area contributed by atoms with E-state index in [0.717, 1.165) is 34.1 Å². The third kappa shape index (κ3) is 7.07. The molecule has 0 aromatic heterocycles. The van der Waals surface area contributed by atoms with Crippen LogP contribution in [-0.4, -0.2) is 0 Å². The fourth-order valence-corrected chi connectivity index (χ4v) is 10.4. The highest BCUT2D eigenvalue weighted by molar-refractivity contribution is 5.89. The molecule has 0 saturated carbocycles. The summed E-state index contributed by atoms with van der Waals surface area (Å²) in [6, 6.07) is 77.8. The smallest absolute Gasteiger partial charge is 0.0465 e. The molecule has 65 heavy (non-hydrogen) atoms. The number of benzene rings is 9. The quantitative estimate of drug-likeness (QED) is 0.134. The summed E-state index contributed by atoms with van der Waals surface area (Å²) < 4.78 is 0. The molecule has 2 aliphatic carbocycles. The zero-order chi connectivity index (χ0) is 44.3. The Morgan fingerprint density at radius 2 is 0.662 bits per heavy atom. The van der Waals surface area contributed by atoms with Crippen LogP contribution in [0.5, 0.6) is 0 Å². The van der Waals surface area contributed by atoms with Crippen LogP contribution in [0, 0.1) is 6.92 Å². The van der Waals surface area contributed by atoms with Crippen LogP contribution < -0.4 is 9.80 Å². The minimum absolute atomic E-state index is 0.160. The molecule has 9 aromatic carbocycles. The lowest BCUT2D eigenvalue weighted by Gasteiger charge is -2.28. The highest BCUT2D eigenvalue weighted by atomic mass is 15.1. The summed E-state index contributed by atoms with van der Waals surface area (Å²) in [5.74, 6) is 0. The summed E-state index contributed by atoms with van der Waals surface area (Å²) in [5, 5.41) is 0. The van der Waals surface area contributed by atoms with Crippen molar-refractivity contribution < 1.29 is 0 Å². The van der Waals surface area contributed by atoms with E-state index < -0.39 is 0 Å². The maximum Gasteiger partial charge on any atom is 0.0465 e. The van der Waals surface area contributed by atoms with Gasteiger partial charge in [0.15, 0.2) is 0 Å². The van der Waals surface area contributed by atoms with E-state index in [4.69, 9.17) is 0 Å². The molecule has 11 rings (SSSR count). The average Bonchev–Trinajstić information content (AvgIpc) is 3.70. The molecule has 9 aromatic rings. The monoisotopic (exact) mass is 836 g/mol. The summed E-state index contributed by atoms with van der Waals surface area (Å²) >= 11 is 0. The molecule has 0 unspecified atom stereocenters. The Morgan fingerprint density at radius 3 is 1.14 bits per heavy atom. The Morgan fingerprint density at radius 1 is 0.308 bits per heavy atom. The summed E-state index contributed by atoms with van der Waals surface area (Å²) in [4.78, 5) is 4.75. The van der Waals surface area contributed by atoms with E-state index in [0.29, 0.717) is 0 Å². The molecule has 2 nitrogen and oxygen atoms in total. The molecule has 0 saturated heterocycles. The van der Waals surface area contributed by atoms with E-state index in [1.807, 2.05) is 0 Å². The van der Waals surface area contributed by atoms with Crippen LogP contribution in [0.4, 0.5) is 34.1 Å². The lowest BCUT2D eigenvalue weighted by atomic mass is 9.81. The van der Waals surface area contributed by atoms with Crippen LogP contribution in [0.3, 0.4) is 0 Å². The molecule has 0 aliphatic heterocycles. The van der Waals surface area contributed by atoms with Gasteiger partial charge in [0, 0.05) is 45.0 Å². The summed E-state index contributed by atoms with van der Waals surface area (Å²) in [7, 11) is 0. The molecule has 0 fully saturated rings. The number of aryl methyl sites for hydroxylation is 1. The molecule has 0 heterocycles. The number of nitrogens with zero attached hydrogens (tertiary/aromatic N) is 2. The van der Waals surface area contributed by atoms with Crippen LogP contribution in [0.15, 0.2) is 212 Å². The predicted octanol–water partition coefficient (Wildman–Crippen LogP) is 17.4. The molecule has 0 amide bonds. The van der Waals surface area contributed by atoms with E-state index in [-0.39, 0.29) is 10.8 Å². The van der Waals surface area contributed by atoms with Crippen LogP contribution in [0.1, 0.15) is 66.6 Å². The number of fused-ring (bicyclic) bond motifs is 6. The van der Waals surface area contributed by atoms with E-state index in [1.54, 1.807) is 0 Å². The van der Waals surface area contributed by atoms with E-state index in [2.05, 4.69) is 269 Å². The summed E-state index contributed by atoms with van der Waals surface area (Å²) in [6.07, 6.45) is 4.57. The van der Waals surface area contributed by atoms with Crippen LogP contribution in [0.25, 0.3) is 45.5 Å². The van der Waals surface area contributed by atoms with Crippen molar-refractivity contribution in [3.05, 3.63) is 251 Å². The molecule has 2 heteroatoms. The zero-order valence-electron chi connectivity index (χ0n) is 37.8. The Hall–Kier alpha value is -7.68. The van der Waals surface area contributed by atoms with Gasteiger partial charge in [0.25, 0.3) is 0 Å². The standard InChI is InChI=1S/C63H52N2/c1-43-16-15-23-51(38-43)65(50-30-28-47(29-31-50)46-17-9-6-10-18-46)53-33-37-57-55-35-27-45(40-59(55)63(4,5)61(57)42-53)25-24-44-26-34-54-56-36-32-52(41-60(56)62(2,3)58(54)39-44)64(48-19-11-7-12-20-48)49-21-13-8-14-22-49/h6-42H,1-5H3/b25-24+. The van der Waals surface area contributed by atoms with Gasteiger partial charge in [-0.1, -0.05) is 179 Å². The summed E-state index contributed by atoms with van der Waals surface area (Å²) in [6.45, 7) is 11.7. The summed E-state index contributed by atoms with van der Waals surface area (Å²) in [5.41, 5.74) is 23.4. The van der Waals surface area contributed by atoms with Gasteiger partial charge in [0.05, 0.1) is 0 Å². The second-order valence-corrected chi connectivity index (χ2v) is 18.7. The van der Waals surface area contributed by atoms with Gasteiger partial charge in [-0.25, -0.2) is 0 Å². The Kier molecular flexibility index (Phi) is 9.78. The number of hydrogen-bond acceptors (Lipinski definition) is 2. The number of para-hydroxylation sites is 2. The van der Waals surface area contributed by atoms with Crippen molar-refractivity contribution in [3.63, 3.8) is 0 Å². The Balaban J connectivity index is 0.880. The minimum atomic E-state index is -0.182. The van der Waals surface area contributed by atoms with E-state index in [1.165, 1.54) is 72.3 Å². The average molecular weight is 837 g/mol. The normalized spacial score (nSPS) is 13.8. The highest BCUT2D eigenvalue weighted by Crippen LogP contribution is 2.53. The predicted molar refractivity (Wildman–Crippen MR) is 276 cm³/mol. The van der Waals surface area contributed by atoms with Gasteiger partial charge < -0.3 is 9.80 Å². The van der Waals surface area contributed by atoms with Crippen molar-refractivity contribution >= 4 is 46.3 Å². The maximum absolute atomic E-state index is 2.42. The maximum atomic E-state index is 2.42. The Bertz CT molecular complexity index is 3210. The van der Waals surface area contributed by atoms with Gasteiger partial charge >= 0.3 is 0 Å². The van der Waals surface area contributed by atoms with Crippen LogP contribution in [0.2, 0.25) is 0 Å². The van der Waals surface area contributed by atoms with Crippen molar-refractivity contribution in [3.8, 4) is 33.4 Å². The second-order valence-electron chi connectivity index (χ2n) is 18.7. The molecule has 0 spiro atoms. The first kappa shape index (κ1) is 40.1. The third-order valence-electron chi connectivity index (χ3n) is 13.9. The van der Waals surface area contributed by atoms with E-state index in [9.17, 15) is 0 Å². The van der Waals surface area contributed by atoms with Gasteiger partial charge in [0.2, 0.25) is 0 Å². The molecule has 0 atom stereocenters.